The van der Waals surface area contributed by atoms with Crippen LogP contribution in [0.3, 0.4) is 0 Å². The molecule has 16 heterocycles. The van der Waals surface area contributed by atoms with Gasteiger partial charge in [0.15, 0.2) is 5.82 Å². The van der Waals surface area contributed by atoms with Crippen LogP contribution in [0.15, 0.2) is 372 Å². The second kappa shape index (κ2) is 43.0. The maximum Gasteiger partial charge on any atom is 0.163 e. The summed E-state index contributed by atoms with van der Waals surface area (Å²) >= 11 is 0. The van der Waals surface area contributed by atoms with Gasteiger partial charge in [-0.05, 0) is 153 Å². The van der Waals surface area contributed by atoms with Gasteiger partial charge in [-0.25, -0.2) is 54.5 Å². The number of hydrogen-bond acceptors (Lipinski definition) is 26. The largest absolute Gasteiger partial charge is 0.384 e. The molecule has 0 fully saturated rings. The minimum Gasteiger partial charge on any atom is -0.384 e. The zero-order chi connectivity index (χ0) is 90.7. The number of hydrogen-bond donors (Lipinski definition) is 5. The Bertz CT molecular complexity index is 6490. The summed E-state index contributed by atoms with van der Waals surface area (Å²) in [5.74, 6) is 5.70. The minimum absolute atomic E-state index is 0.417. The van der Waals surface area contributed by atoms with Crippen LogP contribution in [0.4, 0.5) is 29.1 Å². The van der Waals surface area contributed by atoms with Crippen molar-refractivity contribution in [3.8, 4) is 73.0 Å². The Morgan fingerprint density at radius 2 is 0.684 bits per heavy atom. The fourth-order valence-electron chi connectivity index (χ4n) is 15.4. The van der Waals surface area contributed by atoms with Gasteiger partial charge in [0.1, 0.15) is 58.1 Å². The lowest BCUT2D eigenvalue weighted by atomic mass is 9.99. The maximum absolute atomic E-state index is 6.41. The van der Waals surface area contributed by atoms with Crippen LogP contribution >= 0.6 is 0 Å². The van der Waals surface area contributed by atoms with E-state index in [0.717, 1.165) is 147 Å². The molecule has 0 saturated heterocycles. The summed E-state index contributed by atoms with van der Waals surface area (Å²) in [6.45, 7) is 0. The van der Waals surface area contributed by atoms with Crippen molar-refractivity contribution >= 4 is 29.1 Å². The van der Waals surface area contributed by atoms with Crippen molar-refractivity contribution < 1.29 is 0 Å². The average molecular weight is 1740 g/mol. The number of nitrogens with two attached hydrogens (primary N) is 5. The molecule has 648 valence electrons. The van der Waals surface area contributed by atoms with Gasteiger partial charge < -0.3 is 28.7 Å². The Morgan fingerprint density at radius 3 is 1.23 bits per heavy atom. The van der Waals surface area contributed by atoms with Gasteiger partial charge >= 0.3 is 0 Å². The highest BCUT2D eigenvalue weighted by molar-refractivity contribution is 5.79. The van der Waals surface area contributed by atoms with Gasteiger partial charge in [-0.2, -0.15) is 0 Å². The van der Waals surface area contributed by atoms with Crippen LogP contribution in [0.2, 0.25) is 0 Å². The Balaban J connectivity index is 0.000000116. The van der Waals surface area contributed by atoms with E-state index in [1.807, 2.05) is 243 Å². The highest BCUT2D eigenvalue weighted by Crippen LogP contribution is 2.36. The first-order chi connectivity index (χ1) is 65.4. The molecule has 4 bridgehead atoms. The van der Waals surface area contributed by atoms with Crippen LogP contribution in [-0.2, 0) is 57.8 Å². The molecule has 0 aliphatic carbocycles. The van der Waals surface area contributed by atoms with Crippen molar-refractivity contribution in [2.45, 2.75) is 57.8 Å². The third kappa shape index (κ3) is 23.1. The lowest BCUT2D eigenvalue weighted by molar-refractivity contribution is 0.803. The van der Waals surface area contributed by atoms with E-state index in [4.69, 9.17) is 53.6 Å². The van der Waals surface area contributed by atoms with Crippen molar-refractivity contribution in [2.75, 3.05) is 28.7 Å². The Hall–Kier alpha value is -18.0. The van der Waals surface area contributed by atoms with Gasteiger partial charge in [0.2, 0.25) is 0 Å². The first-order valence-electron chi connectivity index (χ1n) is 43.0. The van der Waals surface area contributed by atoms with Crippen molar-refractivity contribution in [1.82, 2.24) is 110 Å². The number of benzene rings is 5. The maximum atomic E-state index is 6.41. The van der Waals surface area contributed by atoms with Gasteiger partial charge in [-0.1, -0.05) is 169 Å². The summed E-state index contributed by atoms with van der Waals surface area (Å²) in [5.41, 5.74) is 56.2. The number of aromatic nitrogens is 22. The molecule has 0 spiro atoms. The number of anilines is 5. The molecule has 10 N–H and O–H groups in total. The van der Waals surface area contributed by atoms with E-state index >= 15 is 0 Å². The van der Waals surface area contributed by atoms with Gasteiger partial charge in [0.05, 0.1) is 58.0 Å². The monoisotopic (exact) mass is 1740 g/mol. The predicted molar refractivity (Wildman–Crippen MR) is 517 cm³/mol. The zero-order valence-corrected chi connectivity index (χ0v) is 72.3. The first-order valence-corrected chi connectivity index (χ1v) is 43.0. The highest BCUT2D eigenvalue weighted by Gasteiger charge is 2.24. The van der Waals surface area contributed by atoms with Gasteiger partial charge in [0, 0.05) is 195 Å². The van der Waals surface area contributed by atoms with Gasteiger partial charge in [-0.15, -0.1) is 5.10 Å². The van der Waals surface area contributed by atoms with Crippen LogP contribution in [0.1, 0.15) is 102 Å². The molecule has 27 heteroatoms. The van der Waals surface area contributed by atoms with Crippen molar-refractivity contribution in [3.63, 3.8) is 0 Å². The van der Waals surface area contributed by atoms with E-state index in [9.17, 15) is 0 Å². The fourth-order valence-corrected chi connectivity index (χ4v) is 15.4. The zero-order valence-electron chi connectivity index (χ0n) is 72.3. The number of fused-ring (bicyclic) bond motifs is 9. The second-order valence-electron chi connectivity index (χ2n) is 30.9. The average Bonchev–Trinajstić information content (AvgIpc) is 1.56. The molecule has 133 heavy (non-hydrogen) atoms. The molecule has 27 nitrogen and oxygen atoms in total. The molecule has 0 unspecified atom stereocenters. The predicted octanol–water partition coefficient (Wildman–Crippen LogP) is 17.1. The molecule has 15 aromatic heterocycles. The molecule has 1 aliphatic heterocycles. The Kier molecular flexibility index (Phi) is 28.1. The number of pyridine rings is 9. The van der Waals surface area contributed by atoms with Crippen LogP contribution in [-0.4, -0.2) is 110 Å². The number of nitrogens with zero attached hydrogens (tertiary/aromatic N) is 22. The molecule has 20 aromatic rings. The Morgan fingerprint density at radius 1 is 0.271 bits per heavy atom. The number of para-hydroxylation sites is 1. The fraction of sp³-hybridized carbons (Fsp3) is 0.0849. The SMILES string of the molecule is Nc1cc2nc(n1)-c1ccccc1-n1cc(nn1)-c1ccccc1C2.Nc1nc(Cc2ccccc2)nc(Cc2ccccc2)c1-c1ccccc1.Nc1nc(Cc2ccccn2)nc(Cc2ccccn2)c1-c1ccccn1.Nc1nc(Cc2cccnc2)nc(Cc2cccnc2)c1-c1cccnc1.Nc1nc(Cc2ccncc2)nc(Cc2ccncc2)c1-c1ccncc1. The smallest absolute Gasteiger partial charge is 0.163 e. The van der Waals surface area contributed by atoms with Gasteiger partial charge in [0.25, 0.3) is 0 Å². The molecule has 1 aliphatic rings. The minimum atomic E-state index is 0.417. The van der Waals surface area contributed by atoms with E-state index in [1.54, 1.807) is 85.2 Å². The summed E-state index contributed by atoms with van der Waals surface area (Å²) in [4.78, 5) is 84.8. The third-order valence-corrected chi connectivity index (χ3v) is 21.5. The summed E-state index contributed by atoms with van der Waals surface area (Å²) in [6, 6.07) is 89.3. The van der Waals surface area contributed by atoms with Crippen LogP contribution in [0.25, 0.3) is 73.0 Å². The topological polar surface area (TPSA) is 406 Å². The first kappa shape index (κ1) is 87.1. The Labute approximate surface area is 767 Å². The lowest BCUT2D eigenvalue weighted by Gasteiger charge is -2.14. The third-order valence-electron chi connectivity index (χ3n) is 21.5. The van der Waals surface area contributed by atoms with Crippen LogP contribution in [0.5, 0.6) is 0 Å². The number of nitrogen functional groups attached to an aromatic ring is 5. The molecular formula is C106H89N27. The van der Waals surface area contributed by atoms with Crippen LogP contribution < -0.4 is 28.7 Å². The van der Waals surface area contributed by atoms with E-state index in [0.29, 0.717) is 104 Å². The van der Waals surface area contributed by atoms with Crippen LogP contribution in [0, 0.1) is 0 Å². The van der Waals surface area contributed by atoms with E-state index in [2.05, 4.69) is 129 Å². The van der Waals surface area contributed by atoms with Crippen molar-refractivity contribution in [1.29, 1.82) is 0 Å². The normalized spacial score (nSPS) is 10.9. The molecule has 0 saturated carbocycles. The highest BCUT2D eigenvalue weighted by atomic mass is 15.4. The van der Waals surface area contributed by atoms with Crippen molar-refractivity contribution in [3.05, 3.63) is 474 Å². The van der Waals surface area contributed by atoms with E-state index < -0.39 is 0 Å². The standard InChI is InChI=1S/C24H21N3.3C21H18N6.C19H14N6/c25-24-23(20-14-8-3-9-15-20)21(16-18-10-4-1-5-11-18)26-22(27-24)17-19-12-6-2-7-13-19;22-21-20(17-5-11-25-12-6-17)18(13-15-1-7-23-8-2-15)26-19(27-21)14-16-3-9-24-10-4-16;22-21-20(17-6-3-9-25-14-17)18(10-15-4-1-7-23-12-15)26-19(27-21)11-16-5-2-8-24-13-16;22-21-20(17-9-3-6-12-25-17)18(13-15-7-1-4-10-23-15)26-19(27-21)14-16-8-2-5-11-24-16;20-18-10-13-9-12-5-1-2-6-14(12)16-11-25(24-23-16)17-8-4-3-7-15(17)19(21-13)22-18/h1-15H,16-17H2,(H2,25,26,27);1-12H,13-14H2,(H2,22,26,27);1-9,12-14H,10-11H2,(H2,22,26,27);1-12H,13-14H2,(H2,22,26,27);1-8,10-11H,9H2,(H2,20,21,22). The second-order valence-corrected chi connectivity index (χ2v) is 30.9. The molecular weight excluding hydrogens is 1650 g/mol. The summed E-state index contributed by atoms with van der Waals surface area (Å²) < 4.78 is 1.76. The van der Waals surface area contributed by atoms with E-state index in [1.165, 1.54) is 11.1 Å². The molecule has 0 amide bonds. The summed E-state index contributed by atoms with van der Waals surface area (Å²) in [7, 11) is 0. The summed E-state index contributed by atoms with van der Waals surface area (Å²) in [6.07, 6.45) is 34.0. The molecule has 0 radical (unpaired) electrons. The molecule has 0 atom stereocenters. The van der Waals surface area contributed by atoms with Crippen molar-refractivity contribution in [2.24, 2.45) is 0 Å². The number of rotatable bonds is 20. The molecule has 5 aromatic carbocycles. The lowest BCUT2D eigenvalue weighted by Crippen LogP contribution is -2.09. The van der Waals surface area contributed by atoms with E-state index in [-0.39, 0.29) is 0 Å². The quantitative estimate of drug-likeness (QED) is 0.0473. The molecule has 21 rings (SSSR count). The van der Waals surface area contributed by atoms with Gasteiger partial charge in [-0.3, -0.25) is 44.9 Å². The summed E-state index contributed by atoms with van der Waals surface area (Å²) in [5, 5.41) is 8.69.